The number of hydrogen-bond donors (Lipinski definition) is 1. The van der Waals surface area contributed by atoms with Crippen LogP contribution >= 0.6 is 11.3 Å². The lowest BCUT2D eigenvalue weighted by molar-refractivity contribution is 0.211. The van der Waals surface area contributed by atoms with Crippen molar-refractivity contribution in [2.45, 2.75) is 45.8 Å². The molecule has 1 aliphatic rings. The minimum Gasteiger partial charge on any atom is -0.496 e. The van der Waals surface area contributed by atoms with Crippen molar-refractivity contribution in [3.8, 4) is 5.75 Å². The average molecular weight is 463 g/mol. The number of ether oxygens (including phenoxy) is 1. The van der Waals surface area contributed by atoms with Crippen LogP contribution in [0.5, 0.6) is 5.75 Å². The first-order valence-corrected chi connectivity index (χ1v) is 12.2. The number of nitrogens with one attached hydrogen (secondary N) is 1. The number of imidazole rings is 1. The molecule has 1 aliphatic heterocycles. The molecule has 1 aromatic carbocycles. The summed E-state index contributed by atoms with van der Waals surface area (Å²) >= 11 is 1.72. The van der Waals surface area contributed by atoms with Crippen LogP contribution in [0.25, 0.3) is 10.2 Å². The van der Waals surface area contributed by atoms with E-state index in [1.807, 2.05) is 19.3 Å². The maximum atomic E-state index is 5.62. The fourth-order valence-electron chi connectivity index (χ4n) is 4.59. The number of anilines is 1. The van der Waals surface area contributed by atoms with Crippen LogP contribution in [0.15, 0.2) is 43.0 Å². The number of methoxy groups -OCH3 is 1. The molecule has 4 heterocycles. The van der Waals surface area contributed by atoms with Crippen LogP contribution in [0.2, 0.25) is 0 Å². The molecule has 0 radical (unpaired) electrons. The number of thiophene rings is 1. The minimum absolute atomic E-state index is 0.440. The molecule has 0 spiro atoms. The van der Waals surface area contributed by atoms with Gasteiger partial charge in [0.05, 0.1) is 19.0 Å². The molecule has 5 rings (SSSR count). The van der Waals surface area contributed by atoms with E-state index in [1.54, 1.807) is 24.8 Å². The molecule has 0 bridgehead atoms. The Morgan fingerprint density at radius 2 is 1.94 bits per heavy atom. The summed E-state index contributed by atoms with van der Waals surface area (Å²) in [7, 11) is 1.74. The standard InChI is InChI=1S/C25H30N6OS/c1-17-12-22-24(27-16-28-25(22)33-17)29-21-6-9-30(10-7-21)14-19-4-5-23(32-3)20(13-19)15-31-11-8-26-18(31)2/h4-5,8,11-13,16,21H,6-7,9-10,14-15H2,1-3H3,(H,27,28,29). The van der Waals surface area contributed by atoms with Gasteiger partial charge in [-0.1, -0.05) is 6.07 Å². The van der Waals surface area contributed by atoms with Crippen molar-refractivity contribution >= 4 is 27.4 Å². The molecule has 1 saturated heterocycles. The molecule has 8 heteroatoms. The zero-order valence-electron chi connectivity index (χ0n) is 19.4. The third kappa shape index (κ3) is 4.86. The smallest absolute Gasteiger partial charge is 0.138 e. The summed E-state index contributed by atoms with van der Waals surface area (Å²) in [4.78, 5) is 18.1. The zero-order valence-corrected chi connectivity index (χ0v) is 20.2. The number of aryl methyl sites for hydroxylation is 2. The second-order valence-corrected chi connectivity index (χ2v) is 9.98. The highest BCUT2D eigenvalue weighted by atomic mass is 32.1. The van der Waals surface area contributed by atoms with Crippen molar-refractivity contribution in [2.75, 3.05) is 25.5 Å². The molecule has 3 aromatic heterocycles. The van der Waals surface area contributed by atoms with Gasteiger partial charge in [-0.2, -0.15) is 0 Å². The van der Waals surface area contributed by atoms with E-state index >= 15 is 0 Å². The lowest BCUT2D eigenvalue weighted by atomic mass is 10.0. The van der Waals surface area contributed by atoms with Crippen molar-refractivity contribution in [3.63, 3.8) is 0 Å². The first-order valence-electron chi connectivity index (χ1n) is 11.4. The lowest BCUT2D eigenvalue weighted by Crippen LogP contribution is -2.38. The number of aromatic nitrogens is 4. The van der Waals surface area contributed by atoms with Crippen LogP contribution in [0.3, 0.4) is 0 Å². The molecule has 1 N–H and O–H groups in total. The van der Waals surface area contributed by atoms with Gasteiger partial charge in [-0.25, -0.2) is 15.0 Å². The maximum absolute atomic E-state index is 5.62. The first kappa shape index (κ1) is 21.9. The van der Waals surface area contributed by atoms with Crippen molar-refractivity contribution in [3.05, 3.63) is 64.8 Å². The van der Waals surface area contributed by atoms with E-state index in [0.717, 1.165) is 66.6 Å². The summed E-state index contributed by atoms with van der Waals surface area (Å²) in [5.41, 5.74) is 2.51. The summed E-state index contributed by atoms with van der Waals surface area (Å²) in [5, 5.41) is 4.82. The van der Waals surface area contributed by atoms with E-state index in [4.69, 9.17) is 4.74 Å². The normalized spacial score (nSPS) is 15.2. The number of benzene rings is 1. The molecule has 172 valence electrons. The maximum Gasteiger partial charge on any atom is 0.138 e. The quantitative estimate of drug-likeness (QED) is 0.432. The van der Waals surface area contributed by atoms with Gasteiger partial charge in [-0.15, -0.1) is 11.3 Å². The summed E-state index contributed by atoms with van der Waals surface area (Å²) < 4.78 is 7.77. The molecule has 0 unspecified atom stereocenters. The van der Waals surface area contributed by atoms with Gasteiger partial charge in [-0.05, 0) is 50.5 Å². The van der Waals surface area contributed by atoms with E-state index in [2.05, 4.69) is 60.9 Å². The van der Waals surface area contributed by atoms with Gasteiger partial charge in [0.25, 0.3) is 0 Å². The predicted molar refractivity (Wildman–Crippen MR) is 133 cm³/mol. The Hall–Kier alpha value is -2.97. The molecular formula is C25H30N6OS. The highest BCUT2D eigenvalue weighted by molar-refractivity contribution is 7.18. The first-order chi connectivity index (χ1) is 16.1. The fraction of sp³-hybridized carbons (Fsp3) is 0.400. The number of piperidine rings is 1. The monoisotopic (exact) mass is 462 g/mol. The second-order valence-electron chi connectivity index (χ2n) is 8.74. The van der Waals surface area contributed by atoms with Gasteiger partial charge in [0.15, 0.2) is 0 Å². The molecule has 0 atom stereocenters. The van der Waals surface area contributed by atoms with Gasteiger partial charge in [0, 0.05) is 48.5 Å². The molecule has 0 amide bonds. The van der Waals surface area contributed by atoms with Crippen LogP contribution in [-0.2, 0) is 13.1 Å². The van der Waals surface area contributed by atoms with Crippen LogP contribution in [-0.4, -0.2) is 50.7 Å². The molecular weight excluding hydrogens is 432 g/mol. The highest BCUT2D eigenvalue weighted by Gasteiger charge is 2.21. The lowest BCUT2D eigenvalue weighted by Gasteiger charge is -2.32. The van der Waals surface area contributed by atoms with E-state index in [1.165, 1.54) is 16.0 Å². The average Bonchev–Trinajstić information content (AvgIpc) is 3.40. The number of fused-ring (bicyclic) bond motifs is 1. The van der Waals surface area contributed by atoms with Crippen LogP contribution < -0.4 is 10.1 Å². The molecule has 33 heavy (non-hydrogen) atoms. The van der Waals surface area contributed by atoms with Crippen molar-refractivity contribution in [1.82, 2.24) is 24.4 Å². The van der Waals surface area contributed by atoms with Crippen molar-refractivity contribution in [2.24, 2.45) is 0 Å². The number of hydrogen-bond acceptors (Lipinski definition) is 7. The Balaban J connectivity index is 1.21. The summed E-state index contributed by atoms with van der Waals surface area (Å²) in [6.45, 7) is 8.00. The third-order valence-electron chi connectivity index (χ3n) is 6.40. The van der Waals surface area contributed by atoms with Gasteiger partial charge in [0.2, 0.25) is 0 Å². The summed E-state index contributed by atoms with van der Waals surface area (Å²) in [6, 6.07) is 9.18. The summed E-state index contributed by atoms with van der Waals surface area (Å²) in [5.74, 6) is 2.91. The van der Waals surface area contributed by atoms with Crippen molar-refractivity contribution in [1.29, 1.82) is 0 Å². The van der Waals surface area contributed by atoms with Crippen LogP contribution in [0.1, 0.15) is 34.7 Å². The second kappa shape index (κ2) is 9.49. The number of nitrogens with zero attached hydrogens (tertiary/aromatic N) is 5. The number of rotatable bonds is 7. The summed E-state index contributed by atoms with van der Waals surface area (Å²) in [6.07, 6.45) is 7.73. The Labute approximate surface area is 198 Å². The van der Waals surface area contributed by atoms with Crippen LogP contribution in [0, 0.1) is 13.8 Å². The van der Waals surface area contributed by atoms with Crippen LogP contribution in [0.4, 0.5) is 5.82 Å². The topological polar surface area (TPSA) is 68.1 Å². The Morgan fingerprint density at radius 3 is 2.70 bits per heavy atom. The number of likely N-dealkylation sites (tertiary alicyclic amines) is 1. The Morgan fingerprint density at radius 1 is 1.09 bits per heavy atom. The SMILES string of the molecule is COc1ccc(CN2CCC(Nc3ncnc4sc(C)cc34)CC2)cc1Cn1ccnc1C. The molecule has 7 nitrogen and oxygen atoms in total. The molecule has 0 aliphatic carbocycles. The van der Waals surface area contributed by atoms with E-state index in [-0.39, 0.29) is 0 Å². The highest BCUT2D eigenvalue weighted by Crippen LogP contribution is 2.29. The Bertz CT molecular complexity index is 1240. The third-order valence-corrected chi connectivity index (χ3v) is 7.35. The van der Waals surface area contributed by atoms with Gasteiger partial charge >= 0.3 is 0 Å². The van der Waals surface area contributed by atoms with Gasteiger partial charge in [0.1, 0.15) is 28.5 Å². The van der Waals surface area contributed by atoms with Gasteiger partial charge < -0.3 is 14.6 Å². The van der Waals surface area contributed by atoms with Gasteiger partial charge in [-0.3, -0.25) is 4.90 Å². The molecule has 4 aromatic rings. The Kier molecular flexibility index (Phi) is 6.28. The van der Waals surface area contributed by atoms with Crippen molar-refractivity contribution < 1.29 is 4.74 Å². The van der Waals surface area contributed by atoms with E-state index < -0.39 is 0 Å². The molecule has 0 saturated carbocycles. The minimum atomic E-state index is 0.440. The largest absolute Gasteiger partial charge is 0.496 e. The fourth-order valence-corrected chi connectivity index (χ4v) is 5.43. The van der Waals surface area contributed by atoms with E-state index in [9.17, 15) is 0 Å². The molecule has 1 fully saturated rings. The zero-order chi connectivity index (χ0) is 22.8. The predicted octanol–water partition coefficient (Wildman–Crippen LogP) is 4.64. The van der Waals surface area contributed by atoms with E-state index in [0.29, 0.717) is 6.04 Å².